The van der Waals surface area contributed by atoms with Crippen LogP contribution in [0.4, 0.5) is 9.18 Å². The van der Waals surface area contributed by atoms with Crippen LogP contribution in [-0.2, 0) is 0 Å². The van der Waals surface area contributed by atoms with Gasteiger partial charge in [-0.2, -0.15) is 0 Å². The summed E-state index contributed by atoms with van der Waals surface area (Å²) >= 11 is 0. The summed E-state index contributed by atoms with van der Waals surface area (Å²) in [6.07, 6.45) is 0.763. The van der Waals surface area contributed by atoms with Crippen molar-refractivity contribution in [3.05, 3.63) is 29.6 Å². The molecule has 0 heterocycles. The molecular weight excluding hydrogens is 275 g/mol. The molecule has 118 valence electrons. The number of carbonyl (C=O) groups excluding carboxylic acids is 1. The normalized spacial score (nSPS) is 13.4. The molecule has 0 aromatic heterocycles. The number of benzene rings is 1. The number of ether oxygens (including phenoxy) is 1. The summed E-state index contributed by atoms with van der Waals surface area (Å²) in [6.45, 7) is 4.04. The van der Waals surface area contributed by atoms with Crippen LogP contribution in [0.3, 0.4) is 0 Å². The Hall–Kier alpha value is -1.82. The lowest BCUT2D eigenvalue weighted by atomic mass is 10.1. The first-order valence-corrected chi connectivity index (χ1v) is 7.03. The van der Waals surface area contributed by atoms with E-state index < -0.39 is 11.9 Å². The van der Waals surface area contributed by atoms with Crippen molar-refractivity contribution >= 4 is 6.03 Å². The number of hydrogen-bond donors (Lipinski definition) is 3. The van der Waals surface area contributed by atoms with Gasteiger partial charge in [-0.05, 0) is 37.5 Å². The largest absolute Gasteiger partial charge is 0.494 e. The smallest absolute Gasteiger partial charge is 0.315 e. The number of carbonyl (C=O) groups is 1. The van der Waals surface area contributed by atoms with Gasteiger partial charge >= 0.3 is 6.03 Å². The number of aliphatic hydroxyl groups is 1. The van der Waals surface area contributed by atoms with E-state index in [4.69, 9.17) is 4.74 Å². The molecule has 0 fully saturated rings. The Morgan fingerprint density at radius 2 is 2.19 bits per heavy atom. The second-order valence-corrected chi connectivity index (χ2v) is 4.87. The molecule has 6 heteroatoms. The van der Waals surface area contributed by atoms with Crippen LogP contribution in [0.2, 0.25) is 0 Å². The van der Waals surface area contributed by atoms with Gasteiger partial charge in [0.1, 0.15) is 0 Å². The third-order valence-corrected chi connectivity index (χ3v) is 3.26. The number of methoxy groups -OCH3 is 1. The van der Waals surface area contributed by atoms with Gasteiger partial charge in [0.2, 0.25) is 0 Å². The minimum absolute atomic E-state index is 0.170. The van der Waals surface area contributed by atoms with Gasteiger partial charge in [0.05, 0.1) is 19.3 Å². The van der Waals surface area contributed by atoms with E-state index in [2.05, 4.69) is 10.6 Å². The zero-order valence-electron chi connectivity index (χ0n) is 12.6. The number of urea groups is 1. The standard InChI is InChI=1S/C15H23FN2O3/c1-4-12(19)7-8-17-15(20)18-10(2)11-5-6-14(21-3)13(16)9-11/h5-6,9-10,12,19H,4,7-8H2,1-3H3,(H2,17,18,20). The number of hydrogen-bond acceptors (Lipinski definition) is 3. The molecular formula is C15H23FN2O3. The first-order chi connectivity index (χ1) is 9.97. The molecule has 0 aliphatic heterocycles. The lowest BCUT2D eigenvalue weighted by Gasteiger charge is -2.16. The molecule has 2 amide bonds. The predicted octanol–water partition coefficient (Wildman–Crippen LogP) is 2.36. The summed E-state index contributed by atoms with van der Waals surface area (Å²) in [4.78, 5) is 11.7. The van der Waals surface area contributed by atoms with Crippen LogP contribution in [0.1, 0.15) is 38.3 Å². The summed E-state index contributed by atoms with van der Waals surface area (Å²) in [6, 6.07) is 3.89. The molecule has 0 radical (unpaired) electrons. The van der Waals surface area contributed by atoms with Crippen molar-refractivity contribution in [2.75, 3.05) is 13.7 Å². The minimum Gasteiger partial charge on any atom is -0.494 e. The van der Waals surface area contributed by atoms with Crippen LogP contribution in [0.5, 0.6) is 5.75 Å². The van der Waals surface area contributed by atoms with Gasteiger partial charge in [0.15, 0.2) is 11.6 Å². The Morgan fingerprint density at radius 1 is 1.48 bits per heavy atom. The van der Waals surface area contributed by atoms with Gasteiger partial charge in [0.25, 0.3) is 0 Å². The lowest BCUT2D eigenvalue weighted by Crippen LogP contribution is -2.38. The highest BCUT2D eigenvalue weighted by molar-refractivity contribution is 5.74. The van der Waals surface area contributed by atoms with Gasteiger partial charge < -0.3 is 20.5 Å². The Labute approximate surface area is 124 Å². The van der Waals surface area contributed by atoms with Gasteiger partial charge in [-0.3, -0.25) is 0 Å². The quantitative estimate of drug-likeness (QED) is 0.723. The molecule has 0 aliphatic carbocycles. The van der Waals surface area contributed by atoms with Crippen molar-refractivity contribution in [2.24, 2.45) is 0 Å². The van der Waals surface area contributed by atoms with Crippen LogP contribution < -0.4 is 15.4 Å². The molecule has 2 atom stereocenters. The fourth-order valence-electron chi connectivity index (χ4n) is 1.84. The molecule has 0 saturated heterocycles. The molecule has 0 bridgehead atoms. The van der Waals surface area contributed by atoms with Crippen molar-refractivity contribution in [2.45, 2.75) is 38.8 Å². The summed E-state index contributed by atoms with van der Waals surface area (Å²) < 4.78 is 18.4. The number of halogens is 1. The fraction of sp³-hybridized carbons (Fsp3) is 0.533. The lowest BCUT2D eigenvalue weighted by molar-refractivity contribution is 0.160. The zero-order chi connectivity index (χ0) is 15.8. The van der Waals surface area contributed by atoms with E-state index in [0.717, 1.165) is 0 Å². The minimum atomic E-state index is -0.463. The molecule has 21 heavy (non-hydrogen) atoms. The van der Waals surface area contributed by atoms with Crippen LogP contribution in [-0.4, -0.2) is 30.9 Å². The maximum Gasteiger partial charge on any atom is 0.315 e. The van der Waals surface area contributed by atoms with E-state index in [1.807, 2.05) is 6.92 Å². The van der Waals surface area contributed by atoms with Crippen LogP contribution in [0, 0.1) is 5.82 Å². The first kappa shape index (κ1) is 17.2. The average Bonchev–Trinajstić information content (AvgIpc) is 2.46. The maximum atomic E-state index is 13.6. The van der Waals surface area contributed by atoms with Crippen LogP contribution in [0.25, 0.3) is 0 Å². The molecule has 0 spiro atoms. The van der Waals surface area contributed by atoms with Gasteiger partial charge in [0, 0.05) is 6.54 Å². The second kappa shape index (κ2) is 8.46. The fourth-order valence-corrected chi connectivity index (χ4v) is 1.84. The molecule has 1 aromatic carbocycles. The van der Waals surface area contributed by atoms with Gasteiger partial charge in [-0.25, -0.2) is 9.18 Å². The molecule has 3 N–H and O–H groups in total. The van der Waals surface area contributed by atoms with Crippen LogP contribution in [0.15, 0.2) is 18.2 Å². The molecule has 0 aliphatic rings. The van der Waals surface area contributed by atoms with E-state index in [9.17, 15) is 14.3 Å². The topological polar surface area (TPSA) is 70.6 Å². The van der Waals surface area contributed by atoms with E-state index in [-0.39, 0.29) is 17.8 Å². The van der Waals surface area contributed by atoms with Crippen molar-refractivity contribution in [1.82, 2.24) is 10.6 Å². The SMILES string of the molecule is CCC(O)CCNC(=O)NC(C)c1ccc(OC)c(F)c1. The highest BCUT2D eigenvalue weighted by Gasteiger charge is 2.12. The summed E-state index contributed by atoms with van der Waals surface area (Å²) in [7, 11) is 1.40. The Kier molecular flexibility index (Phi) is 6.94. The summed E-state index contributed by atoms with van der Waals surface area (Å²) in [5, 5.41) is 14.8. The Morgan fingerprint density at radius 3 is 2.76 bits per heavy atom. The number of amides is 2. The third kappa shape index (κ3) is 5.59. The number of nitrogens with one attached hydrogen (secondary N) is 2. The summed E-state index contributed by atoms with van der Waals surface area (Å²) in [5.41, 5.74) is 0.650. The highest BCUT2D eigenvalue weighted by atomic mass is 19.1. The molecule has 0 saturated carbocycles. The maximum absolute atomic E-state index is 13.6. The molecule has 1 rings (SSSR count). The van der Waals surface area contributed by atoms with E-state index >= 15 is 0 Å². The second-order valence-electron chi connectivity index (χ2n) is 4.87. The number of aliphatic hydroxyl groups excluding tert-OH is 1. The van der Waals surface area contributed by atoms with Gasteiger partial charge in [-0.15, -0.1) is 0 Å². The Balaban J connectivity index is 2.47. The Bertz CT molecular complexity index is 468. The third-order valence-electron chi connectivity index (χ3n) is 3.26. The monoisotopic (exact) mass is 298 g/mol. The van der Waals surface area contributed by atoms with Crippen molar-refractivity contribution < 1.29 is 19.0 Å². The molecule has 2 unspecified atom stereocenters. The zero-order valence-corrected chi connectivity index (χ0v) is 12.6. The first-order valence-electron chi connectivity index (χ1n) is 7.03. The molecule has 5 nitrogen and oxygen atoms in total. The van der Waals surface area contributed by atoms with Crippen LogP contribution >= 0.6 is 0 Å². The average molecular weight is 298 g/mol. The van der Waals surface area contributed by atoms with Crippen molar-refractivity contribution in [3.63, 3.8) is 0 Å². The van der Waals surface area contributed by atoms with E-state index in [1.54, 1.807) is 13.0 Å². The van der Waals surface area contributed by atoms with E-state index in [1.165, 1.54) is 19.2 Å². The summed E-state index contributed by atoms with van der Waals surface area (Å²) in [5.74, 6) is -0.293. The van der Waals surface area contributed by atoms with Gasteiger partial charge in [-0.1, -0.05) is 13.0 Å². The van der Waals surface area contributed by atoms with Crippen molar-refractivity contribution in [1.29, 1.82) is 0 Å². The number of rotatable bonds is 7. The van der Waals surface area contributed by atoms with Crippen molar-refractivity contribution in [3.8, 4) is 5.75 Å². The molecule has 1 aromatic rings. The van der Waals surface area contributed by atoms with E-state index in [0.29, 0.717) is 24.9 Å². The highest BCUT2D eigenvalue weighted by Crippen LogP contribution is 2.21. The predicted molar refractivity (Wildman–Crippen MR) is 78.8 cm³/mol.